The predicted octanol–water partition coefficient (Wildman–Crippen LogP) is 2.56. The van der Waals surface area contributed by atoms with Crippen LogP contribution in [0.2, 0.25) is 0 Å². The van der Waals surface area contributed by atoms with Crippen molar-refractivity contribution >= 4 is 0 Å². The summed E-state index contributed by atoms with van der Waals surface area (Å²) in [6.45, 7) is 11.0. The van der Waals surface area contributed by atoms with Crippen LogP contribution in [0.25, 0.3) is 0 Å². The first kappa shape index (κ1) is 15.3. The highest BCUT2D eigenvalue weighted by Gasteiger charge is 2.27. The molecule has 1 saturated heterocycles. The fourth-order valence-electron chi connectivity index (χ4n) is 2.90. The molecule has 20 heavy (non-hydrogen) atoms. The van der Waals surface area contributed by atoms with Crippen molar-refractivity contribution in [3.63, 3.8) is 0 Å². The highest BCUT2D eigenvalue weighted by molar-refractivity contribution is 5.39. The van der Waals surface area contributed by atoms with Crippen LogP contribution in [0.15, 0.2) is 18.2 Å². The van der Waals surface area contributed by atoms with Gasteiger partial charge in [0, 0.05) is 26.2 Å². The summed E-state index contributed by atoms with van der Waals surface area (Å²) in [7, 11) is 1.76. The van der Waals surface area contributed by atoms with Crippen LogP contribution in [0, 0.1) is 5.41 Å². The molecule has 3 heteroatoms. The van der Waals surface area contributed by atoms with Crippen LogP contribution in [-0.4, -0.2) is 33.3 Å². The van der Waals surface area contributed by atoms with Crippen LogP contribution in [0.5, 0.6) is 5.75 Å². The number of rotatable bonds is 4. The van der Waals surface area contributed by atoms with Crippen molar-refractivity contribution in [3.05, 3.63) is 29.3 Å². The van der Waals surface area contributed by atoms with Crippen LogP contribution in [-0.2, 0) is 6.42 Å². The Morgan fingerprint density at radius 1 is 1.20 bits per heavy atom. The second-order valence-corrected chi connectivity index (χ2v) is 6.57. The topological polar surface area (TPSA) is 33.3 Å². The quantitative estimate of drug-likeness (QED) is 0.887. The number of methoxy groups -OCH3 is 1. The lowest BCUT2D eigenvalue weighted by Gasteiger charge is -2.29. The maximum atomic E-state index is 5.56. The third-order valence-corrected chi connectivity index (χ3v) is 4.17. The smallest absolute Gasteiger partial charge is 0.122 e. The van der Waals surface area contributed by atoms with E-state index in [9.17, 15) is 0 Å². The lowest BCUT2D eigenvalue weighted by atomic mass is 9.82. The van der Waals surface area contributed by atoms with Gasteiger partial charge in [-0.3, -0.25) is 0 Å². The minimum Gasteiger partial charge on any atom is -0.496 e. The van der Waals surface area contributed by atoms with Gasteiger partial charge in [-0.15, -0.1) is 0 Å². The number of nitrogens with one attached hydrogen (secondary N) is 2. The van der Waals surface area contributed by atoms with Gasteiger partial charge in [0.05, 0.1) is 7.11 Å². The Morgan fingerprint density at radius 2 is 1.85 bits per heavy atom. The second kappa shape index (κ2) is 6.59. The molecule has 3 nitrogen and oxygen atoms in total. The first-order valence-electron chi connectivity index (χ1n) is 7.62. The Hall–Kier alpha value is -1.06. The van der Waals surface area contributed by atoms with Gasteiger partial charge < -0.3 is 15.4 Å². The molecule has 1 aromatic rings. The molecule has 1 aliphatic rings. The van der Waals surface area contributed by atoms with E-state index in [0.29, 0.717) is 5.92 Å². The summed E-state index contributed by atoms with van der Waals surface area (Å²) in [6.07, 6.45) is 1.04. The van der Waals surface area contributed by atoms with E-state index in [1.54, 1.807) is 7.11 Å². The first-order chi connectivity index (χ1) is 9.54. The minimum atomic E-state index is 0.235. The van der Waals surface area contributed by atoms with E-state index in [4.69, 9.17) is 4.74 Å². The molecule has 0 aliphatic carbocycles. The number of ether oxygens (including phenoxy) is 1. The van der Waals surface area contributed by atoms with Gasteiger partial charge in [0.1, 0.15) is 5.75 Å². The molecule has 1 fully saturated rings. The zero-order chi connectivity index (χ0) is 14.6. The summed E-state index contributed by atoms with van der Waals surface area (Å²) >= 11 is 0. The second-order valence-electron chi connectivity index (χ2n) is 6.57. The highest BCUT2D eigenvalue weighted by atomic mass is 16.5. The summed E-state index contributed by atoms with van der Waals surface area (Å²) in [4.78, 5) is 0. The van der Waals surface area contributed by atoms with E-state index in [1.807, 2.05) is 0 Å². The molecule has 112 valence electrons. The molecule has 0 atom stereocenters. The van der Waals surface area contributed by atoms with Crippen LogP contribution in [0.4, 0.5) is 0 Å². The maximum Gasteiger partial charge on any atom is 0.122 e. The van der Waals surface area contributed by atoms with Crippen molar-refractivity contribution in [1.29, 1.82) is 0 Å². The van der Waals surface area contributed by atoms with Gasteiger partial charge in [-0.05, 0) is 34.9 Å². The average molecular weight is 276 g/mol. The summed E-state index contributed by atoms with van der Waals surface area (Å²) in [5.74, 6) is 1.57. The zero-order valence-corrected chi connectivity index (χ0v) is 13.3. The molecule has 2 N–H and O–H groups in total. The van der Waals surface area contributed by atoms with E-state index in [2.05, 4.69) is 49.6 Å². The van der Waals surface area contributed by atoms with Crippen molar-refractivity contribution in [2.24, 2.45) is 5.41 Å². The summed E-state index contributed by atoms with van der Waals surface area (Å²) in [5.41, 5.74) is 2.95. The predicted molar refractivity (Wildman–Crippen MR) is 84.6 cm³/mol. The molecule has 2 rings (SSSR count). The Bertz CT molecular complexity index is 435. The lowest BCUT2D eigenvalue weighted by molar-refractivity contribution is 0.308. The van der Waals surface area contributed by atoms with Gasteiger partial charge in [-0.2, -0.15) is 0 Å². The van der Waals surface area contributed by atoms with Crippen LogP contribution >= 0.6 is 0 Å². The molecule has 1 aliphatic heterocycles. The van der Waals surface area contributed by atoms with E-state index in [1.165, 1.54) is 11.1 Å². The number of hydrogen-bond donors (Lipinski definition) is 2. The Kier molecular flexibility index (Phi) is 5.06. The lowest BCUT2D eigenvalue weighted by Crippen LogP contribution is -2.37. The van der Waals surface area contributed by atoms with E-state index in [0.717, 1.165) is 38.3 Å². The van der Waals surface area contributed by atoms with Crippen LogP contribution < -0.4 is 15.4 Å². The molecule has 0 unspecified atom stereocenters. The van der Waals surface area contributed by atoms with Crippen molar-refractivity contribution in [3.8, 4) is 5.75 Å². The molecule has 0 spiro atoms. The number of benzene rings is 1. The van der Waals surface area contributed by atoms with Crippen molar-refractivity contribution in [1.82, 2.24) is 10.6 Å². The Morgan fingerprint density at radius 3 is 2.40 bits per heavy atom. The monoisotopic (exact) mass is 276 g/mol. The van der Waals surface area contributed by atoms with Crippen molar-refractivity contribution < 1.29 is 4.74 Å². The van der Waals surface area contributed by atoms with E-state index < -0.39 is 0 Å². The first-order valence-corrected chi connectivity index (χ1v) is 7.62. The van der Waals surface area contributed by atoms with Gasteiger partial charge in [0.25, 0.3) is 0 Å². The summed E-state index contributed by atoms with van der Waals surface area (Å²) in [5, 5.41) is 7.06. The molecule has 0 amide bonds. The number of hydrogen-bond acceptors (Lipinski definition) is 3. The van der Waals surface area contributed by atoms with Gasteiger partial charge in [0.2, 0.25) is 0 Å². The highest BCUT2D eigenvalue weighted by Crippen LogP contribution is 2.30. The molecule has 1 aromatic carbocycles. The summed E-state index contributed by atoms with van der Waals surface area (Å²) in [6, 6.07) is 6.62. The third-order valence-electron chi connectivity index (χ3n) is 4.17. The van der Waals surface area contributed by atoms with Crippen molar-refractivity contribution in [2.75, 3.05) is 33.3 Å². The van der Waals surface area contributed by atoms with E-state index in [-0.39, 0.29) is 5.41 Å². The van der Waals surface area contributed by atoms with Gasteiger partial charge in [0.15, 0.2) is 0 Å². The van der Waals surface area contributed by atoms with Crippen LogP contribution in [0.3, 0.4) is 0 Å². The molecule has 0 saturated carbocycles. The van der Waals surface area contributed by atoms with Gasteiger partial charge in [-0.25, -0.2) is 0 Å². The standard InChI is InChI=1S/C17H28N2O/c1-13(2)14-5-6-16(20-4)15(9-14)10-17(3)11-18-7-8-19-12-17/h5-6,9,13,18-19H,7-8,10-12H2,1-4H3. The normalized spacial score (nSPS) is 18.9. The van der Waals surface area contributed by atoms with Gasteiger partial charge in [-0.1, -0.05) is 32.9 Å². The molecule has 0 radical (unpaired) electrons. The molecule has 0 aromatic heterocycles. The Labute approximate surface area is 123 Å². The zero-order valence-electron chi connectivity index (χ0n) is 13.3. The van der Waals surface area contributed by atoms with E-state index >= 15 is 0 Å². The fourth-order valence-corrected chi connectivity index (χ4v) is 2.90. The van der Waals surface area contributed by atoms with Gasteiger partial charge >= 0.3 is 0 Å². The average Bonchev–Trinajstić information content (AvgIpc) is 2.63. The molecule has 0 bridgehead atoms. The molecule has 1 heterocycles. The summed E-state index contributed by atoms with van der Waals surface area (Å²) < 4.78 is 5.56. The fraction of sp³-hybridized carbons (Fsp3) is 0.647. The minimum absolute atomic E-state index is 0.235. The molecular weight excluding hydrogens is 248 g/mol. The Balaban J connectivity index is 2.23. The van der Waals surface area contributed by atoms with Crippen molar-refractivity contribution in [2.45, 2.75) is 33.1 Å². The molecular formula is C17H28N2O. The largest absolute Gasteiger partial charge is 0.496 e. The third kappa shape index (κ3) is 3.74. The SMILES string of the molecule is COc1ccc(C(C)C)cc1CC1(C)CNCCNC1. The van der Waals surface area contributed by atoms with Crippen LogP contribution in [0.1, 0.15) is 37.8 Å². The maximum absolute atomic E-state index is 5.56.